The molecule has 29 heavy (non-hydrogen) atoms. The van der Waals surface area contributed by atoms with Gasteiger partial charge < -0.3 is 10.3 Å². The molecule has 2 atom stereocenters. The van der Waals surface area contributed by atoms with Gasteiger partial charge in [0, 0.05) is 29.2 Å². The maximum absolute atomic E-state index is 9.15. The highest BCUT2D eigenvalue weighted by molar-refractivity contribution is 5.86. The van der Waals surface area contributed by atoms with Gasteiger partial charge in [0.2, 0.25) is 0 Å². The number of nitrogens with one attached hydrogen (secondary N) is 2. The predicted octanol–water partition coefficient (Wildman–Crippen LogP) is 5.37. The van der Waals surface area contributed by atoms with Gasteiger partial charge in [0.25, 0.3) is 0 Å². The summed E-state index contributed by atoms with van der Waals surface area (Å²) in [5.41, 5.74) is 7.60. The molecule has 0 amide bonds. The van der Waals surface area contributed by atoms with Crippen LogP contribution in [0.1, 0.15) is 48.1 Å². The van der Waals surface area contributed by atoms with E-state index in [-0.39, 0.29) is 0 Å². The molecular weight excluding hydrogens is 354 g/mol. The summed E-state index contributed by atoms with van der Waals surface area (Å²) in [6.07, 6.45) is 9.55. The number of benzene rings is 2. The van der Waals surface area contributed by atoms with E-state index in [9.17, 15) is 0 Å². The summed E-state index contributed by atoms with van der Waals surface area (Å²) in [6.45, 7) is 0.980. The number of hydrogen-bond donors (Lipinski definition) is 2. The Morgan fingerprint density at radius 1 is 1.03 bits per heavy atom. The number of fused-ring (bicyclic) bond motifs is 3. The van der Waals surface area contributed by atoms with Crippen molar-refractivity contribution in [3.8, 4) is 6.07 Å². The zero-order valence-electron chi connectivity index (χ0n) is 16.7. The third kappa shape index (κ3) is 3.73. The molecule has 2 aliphatic rings. The number of nitriles is 1. The van der Waals surface area contributed by atoms with Gasteiger partial charge in [-0.15, -0.1) is 0 Å². The topological polar surface area (TPSA) is 51.6 Å². The smallest absolute Gasteiger partial charge is 0.0992 e. The lowest BCUT2D eigenvalue weighted by Gasteiger charge is -2.28. The molecule has 0 bridgehead atoms. The van der Waals surface area contributed by atoms with E-state index >= 15 is 0 Å². The van der Waals surface area contributed by atoms with Gasteiger partial charge in [-0.3, -0.25) is 0 Å². The van der Waals surface area contributed by atoms with Crippen LogP contribution >= 0.6 is 0 Å². The predicted molar refractivity (Wildman–Crippen MR) is 119 cm³/mol. The van der Waals surface area contributed by atoms with Crippen LogP contribution in [0.25, 0.3) is 16.5 Å². The van der Waals surface area contributed by atoms with Crippen molar-refractivity contribution in [1.29, 1.82) is 5.26 Å². The first kappa shape index (κ1) is 18.2. The van der Waals surface area contributed by atoms with Crippen LogP contribution in [0.5, 0.6) is 0 Å². The van der Waals surface area contributed by atoms with Gasteiger partial charge in [0.1, 0.15) is 0 Å². The third-order valence-corrected chi connectivity index (χ3v) is 6.71. The van der Waals surface area contributed by atoms with Crippen molar-refractivity contribution in [2.75, 3.05) is 6.54 Å². The molecule has 3 aromatic rings. The number of aromatic nitrogens is 1. The van der Waals surface area contributed by atoms with Crippen LogP contribution in [-0.4, -0.2) is 17.6 Å². The van der Waals surface area contributed by atoms with E-state index in [1.165, 1.54) is 47.0 Å². The van der Waals surface area contributed by atoms with Crippen LogP contribution in [0.3, 0.4) is 0 Å². The molecule has 3 nitrogen and oxygen atoms in total. The lowest BCUT2D eigenvalue weighted by Crippen LogP contribution is -2.33. The van der Waals surface area contributed by atoms with Crippen molar-refractivity contribution >= 4 is 16.5 Å². The number of H-pyrrole nitrogens is 1. The second-order valence-corrected chi connectivity index (χ2v) is 8.55. The summed E-state index contributed by atoms with van der Waals surface area (Å²) < 4.78 is 0. The number of rotatable bonds is 4. The second-order valence-electron chi connectivity index (χ2n) is 8.55. The largest absolute Gasteiger partial charge is 0.358 e. The lowest BCUT2D eigenvalue weighted by molar-refractivity contribution is 0.374. The molecule has 0 fully saturated rings. The first-order valence-electron chi connectivity index (χ1n) is 10.8. The van der Waals surface area contributed by atoms with Gasteiger partial charge >= 0.3 is 0 Å². The fraction of sp³-hybridized carbons (Fsp3) is 0.346. The second kappa shape index (κ2) is 7.89. The number of aromatic amines is 1. The Morgan fingerprint density at radius 2 is 1.93 bits per heavy atom. The molecule has 2 unspecified atom stereocenters. The van der Waals surface area contributed by atoms with Gasteiger partial charge in [-0.1, -0.05) is 42.5 Å². The van der Waals surface area contributed by atoms with E-state index in [1.807, 2.05) is 12.1 Å². The van der Waals surface area contributed by atoms with E-state index in [1.54, 1.807) is 0 Å². The van der Waals surface area contributed by atoms with E-state index < -0.39 is 0 Å². The quantitative estimate of drug-likeness (QED) is 0.638. The highest BCUT2D eigenvalue weighted by atomic mass is 14.9. The molecule has 0 spiro atoms. The molecule has 0 saturated carbocycles. The van der Waals surface area contributed by atoms with Crippen molar-refractivity contribution < 1.29 is 0 Å². The summed E-state index contributed by atoms with van der Waals surface area (Å²) in [7, 11) is 0. The van der Waals surface area contributed by atoms with E-state index in [2.05, 4.69) is 58.8 Å². The summed E-state index contributed by atoms with van der Waals surface area (Å²) in [6, 6.07) is 19.7. The minimum atomic E-state index is 0.581. The highest BCUT2D eigenvalue weighted by Crippen LogP contribution is 2.35. The number of nitrogens with zero attached hydrogens (tertiary/aromatic N) is 1. The molecular formula is C26H27N3. The van der Waals surface area contributed by atoms with Crippen LogP contribution in [0, 0.1) is 17.2 Å². The normalized spacial score (nSPS) is 21.4. The van der Waals surface area contributed by atoms with Gasteiger partial charge in [0.05, 0.1) is 11.6 Å². The standard InChI is InChI=1S/C26H27N3/c27-17-19-7-10-23-24-14-18(8-11-25(24)29-26(23)15-19)6-9-22-16-21(12-13-28-22)20-4-2-1-3-5-20/h1-5,7,10,12,15,18,22,28-29H,6,8-9,11,13-14,16H2. The van der Waals surface area contributed by atoms with Crippen molar-refractivity contribution in [3.05, 3.63) is 77.0 Å². The molecule has 0 saturated heterocycles. The maximum atomic E-state index is 9.15. The molecule has 2 N–H and O–H groups in total. The molecule has 146 valence electrons. The first-order chi connectivity index (χ1) is 14.3. The Kier molecular flexibility index (Phi) is 4.96. The summed E-state index contributed by atoms with van der Waals surface area (Å²) in [5, 5.41) is 14.2. The average Bonchev–Trinajstić information content (AvgIpc) is 3.15. The average molecular weight is 382 g/mol. The van der Waals surface area contributed by atoms with E-state index in [0.29, 0.717) is 6.04 Å². The summed E-state index contributed by atoms with van der Waals surface area (Å²) in [5.74, 6) is 0.755. The molecule has 1 aromatic heterocycles. The maximum Gasteiger partial charge on any atom is 0.0992 e. The van der Waals surface area contributed by atoms with Gasteiger partial charge in [0.15, 0.2) is 0 Å². The molecule has 2 heterocycles. The SMILES string of the molecule is N#Cc1ccc2c3c([nH]c2c1)CCC(CCC1CC(c2ccccc2)=CCN1)C3. The Balaban J connectivity index is 1.23. The third-order valence-electron chi connectivity index (χ3n) is 6.71. The fourth-order valence-corrected chi connectivity index (χ4v) is 5.11. The van der Waals surface area contributed by atoms with Gasteiger partial charge in [-0.25, -0.2) is 0 Å². The first-order valence-corrected chi connectivity index (χ1v) is 10.8. The Hall–Kier alpha value is -2.83. The molecule has 3 heteroatoms. The minimum absolute atomic E-state index is 0.581. The van der Waals surface area contributed by atoms with Crippen molar-refractivity contribution in [3.63, 3.8) is 0 Å². The highest BCUT2D eigenvalue weighted by Gasteiger charge is 2.24. The summed E-state index contributed by atoms with van der Waals surface area (Å²) >= 11 is 0. The van der Waals surface area contributed by atoms with Crippen molar-refractivity contribution in [1.82, 2.24) is 10.3 Å². The minimum Gasteiger partial charge on any atom is -0.358 e. The zero-order valence-corrected chi connectivity index (χ0v) is 16.7. The van der Waals surface area contributed by atoms with E-state index in [4.69, 9.17) is 5.26 Å². The molecule has 2 aromatic carbocycles. The Bertz CT molecular complexity index is 1080. The number of hydrogen-bond acceptors (Lipinski definition) is 2. The Morgan fingerprint density at radius 3 is 2.79 bits per heavy atom. The van der Waals surface area contributed by atoms with Crippen LogP contribution < -0.4 is 5.32 Å². The Labute approximate surface area is 172 Å². The van der Waals surface area contributed by atoms with Crippen LogP contribution in [0.15, 0.2) is 54.6 Å². The van der Waals surface area contributed by atoms with Crippen molar-refractivity contribution in [2.24, 2.45) is 5.92 Å². The van der Waals surface area contributed by atoms with Gasteiger partial charge in [-0.2, -0.15) is 5.26 Å². The van der Waals surface area contributed by atoms with E-state index in [0.717, 1.165) is 42.8 Å². The lowest BCUT2D eigenvalue weighted by atomic mass is 9.82. The van der Waals surface area contributed by atoms with Crippen LogP contribution in [0.2, 0.25) is 0 Å². The van der Waals surface area contributed by atoms with Gasteiger partial charge in [-0.05, 0) is 73.3 Å². The molecule has 1 aliphatic heterocycles. The molecule has 1 aliphatic carbocycles. The van der Waals surface area contributed by atoms with Crippen LogP contribution in [0.4, 0.5) is 0 Å². The summed E-state index contributed by atoms with van der Waals surface area (Å²) in [4.78, 5) is 3.57. The molecule has 0 radical (unpaired) electrons. The fourth-order valence-electron chi connectivity index (χ4n) is 5.11. The molecule has 5 rings (SSSR count). The zero-order chi connectivity index (χ0) is 19.6. The monoisotopic (exact) mass is 381 g/mol. The van der Waals surface area contributed by atoms with Crippen LogP contribution in [-0.2, 0) is 12.8 Å². The van der Waals surface area contributed by atoms with Crippen molar-refractivity contribution in [2.45, 2.75) is 44.6 Å². The number of aryl methyl sites for hydroxylation is 1.